The van der Waals surface area contributed by atoms with E-state index in [2.05, 4.69) is 17.3 Å². The van der Waals surface area contributed by atoms with Crippen LogP contribution in [0.1, 0.15) is 26.7 Å². The van der Waals surface area contributed by atoms with E-state index >= 15 is 0 Å². The quantitative estimate of drug-likeness (QED) is 0.700. The lowest BCUT2D eigenvalue weighted by atomic mass is 9.92. The Morgan fingerprint density at radius 1 is 1.47 bits per heavy atom. The lowest BCUT2D eigenvalue weighted by Gasteiger charge is -2.32. The Labute approximate surface area is 92.2 Å². The van der Waals surface area contributed by atoms with Gasteiger partial charge >= 0.3 is 0 Å². The topological polar surface area (TPSA) is 58.4 Å². The van der Waals surface area contributed by atoms with Crippen molar-refractivity contribution in [3.8, 4) is 0 Å². The summed E-state index contributed by atoms with van der Waals surface area (Å²) >= 11 is 0. The first kappa shape index (κ1) is 12.5. The van der Waals surface area contributed by atoms with Crippen LogP contribution in [0.3, 0.4) is 0 Å². The van der Waals surface area contributed by atoms with Crippen LogP contribution in [-0.2, 0) is 4.79 Å². The molecule has 0 aromatic heterocycles. The summed E-state index contributed by atoms with van der Waals surface area (Å²) in [5.74, 6) is -0.233. The highest BCUT2D eigenvalue weighted by Crippen LogP contribution is 2.14. The predicted molar refractivity (Wildman–Crippen MR) is 61.5 cm³/mol. The molecule has 0 saturated carbocycles. The van der Waals surface area contributed by atoms with E-state index in [0.717, 1.165) is 25.9 Å². The van der Waals surface area contributed by atoms with Crippen LogP contribution in [0.4, 0.5) is 0 Å². The number of nitrogens with one attached hydrogen (secondary N) is 1. The van der Waals surface area contributed by atoms with Gasteiger partial charge in [0.2, 0.25) is 5.91 Å². The van der Waals surface area contributed by atoms with E-state index in [0.29, 0.717) is 12.6 Å². The van der Waals surface area contributed by atoms with Crippen molar-refractivity contribution >= 4 is 5.91 Å². The van der Waals surface area contributed by atoms with Crippen molar-refractivity contribution in [3.05, 3.63) is 0 Å². The Kier molecular flexibility index (Phi) is 4.11. The fourth-order valence-corrected chi connectivity index (χ4v) is 1.70. The van der Waals surface area contributed by atoms with Crippen LogP contribution in [0.2, 0.25) is 0 Å². The number of likely N-dealkylation sites (tertiary alicyclic amines) is 1. The number of nitrogens with zero attached hydrogens (tertiary/aromatic N) is 1. The highest BCUT2D eigenvalue weighted by molar-refractivity contribution is 5.80. The van der Waals surface area contributed by atoms with E-state index < -0.39 is 5.41 Å². The minimum Gasteiger partial charge on any atom is -0.369 e. The Bertz CT molecular complexity index is 220. The molecule has 0 radical (unpaired) electrons. The molecule has 1 aliphatic heterocycles. The second-order valence-electron chi connectivity index (χ2n) is 5.21. The van der Waals surface area contributed by atoms with E-state index in [-0.39, 0.29) is 5.91 Å². The maximum absolute atomic E-state index is 11.1. The van der Waals surface area contributed by atoms with Gasteiger partial charge in [0.15, 0.2) is 0 Å². The van der Waals surface area contributed by atoms with E-state index in [1.54, 1.807) is 0 Å². The molecule has 0 bridgehead atoms. The van der Waals surface area contributed by atoms with Gasteiger partial charge in [0, 0.05) is 12.6 Å². The summed E-state index contributed by atoms with van der Waals surface area (Å²) in [7, 11) is 2.14. The number of nitrogens with two attached hydrogens (primary N) is 1. The summed E-state index contributed by atoms with van der Waals surface area (Å²) in [6.45, 7) is 6.72. The van der Waals surface area contributed by atoms with Gasteiger partial charge < -0.3 is 16.0 Å². The fourth-order valence-electron chi connectivity index (χ4n) is 1.70. The van der Waals surface area contributed by atoms with Crippen molar-refractivity contribution in [3.63, 3.8) is 0 Å². The molecule has 4 nitrogen and oxygen atoms in total. The zero-order valence-corrected chi connectivity index (χ0v) is 10.0. The van der Waals surface area contributed by atoms with E-state index in [4.69, 9.17) is 5.73 Å². The number of hydrogen-bond donors (Lipinski definition) is 2. The average molecular weight is 213 g/mol. The first-order chi connectivity index (χ1) is 6.92. The minimum atomic E-state index is -0.441. The van der Waals surface area contributed by atoms with E-state index in [1.165, 1.54) is 0 Å². The number of primary amides is 1. The van der Waals surface area contributed by atoms with Crippen molar-refractivity contribution in [1.82, 2.24) is 10.2 Å². The minimum absolute atomic E-state index is 0.233. The molecule has 1 amide bonds. The number of rotatable bonds is 4. The third-order valence-corrected chi connectivity index (χ3v) is 3.22. The fraction of sp³-hybridized carbons (Fsp3) is 0.909. The smallest absolute Gasteiger partial charge is 0.224 e. The van der Waals surface area contributed by atoms with Crippen molar-refractivity contribution < 1.29 is 4.79 Å². The molecule has 0 atom stereocenters. The molecule has 1 aliphatic rings. The number of piperidine rings is 1. The molecular weight excluding hydrogens is 190 g/mol. The molecule has 0 unspecified atom stereocenters. The summed E-state index contributed by atoms with van der Waals surface area (Å²) in [6.07, 6.45) is 2.32. The molecule has 3 N–H and O–H groups in total. The third-order valence-electron chi connectivity index (χ3n) is 3.22. The Morgan fingerprint density at radius 2 is 2.00 bits per heavy atom. The van der Waals surface area contributed by atoms with Gasteiger partial charge in [0.25, 0.3) is 0 Å². The standard InChI is InChI=1S/C11H23N3O/c1-11(2,10(12)15)8-13-9-4-6-14(3)7-5-9/h9,13H,4-8H2,1-3H3,(H2,12,15). The Hall–Kier alpha value is -0.610. The van der Waals surface area contributed by atoms with Gasteiger partial charge in [0.05, 0.1) is 5.41 Å². The van der Waals surface area contributed by atoms with Crippen LogP contribution in [0, 0.1) is 5.41 Å². The van der Waals surface area contributed by atoms with E-state index in [9.17, 15) is 4.79 Å². The number of amides is 1. The van der Waals surface area contributed by atoms with Crippen molar-refractivity contribution in [1.29, 1.82) is 0 Å². The van der Waals surface area contributed by atoms with Gasteiger partial charge in [-0.2, -0.15) is 0 Å². The monoisotopic (exact) mass is 213 g/mol. The predicted octanol–water partition coefficient (Wildman–Crippen LogP) is 0.182. The first-order valence-corrected chi connectivity index (χ1v) is 5.63. The molecule has 0 aromatic carbocycles. The molecule has 15 heavy (non-hydrogen) atoms. The summed E-state index contributed by atoms with van der Waals surface area (Å²) in [6, 6.07) is 0.542. The van der Waals surface area contributed by atoms with Crippen LogP contribution in [0.5, 0.6) is 0 Å². The maximum Gasteiger partial charge on any atom is 0.224 e. The van der Waals surface area contributed by atoms with Crippen LogP contribution < -0.4 is 11.1 Å². The largest absolute Gasteiger partial charge is 0.369 e. The van der Waals surface area contributed by atoms with E-state index in [1.807, 2.05) is 13.8 Å². The van der Waals surface area contributed by atoms with Gasteiger partial charge in [-0.15, -0.1) is 0 Å². The van der Waals surface area contributed by atoms with Gasteiger partial charge in [-0.3, -0.25) is 4.79 Å². The van der Waals surface area contributed by atoms with Crippen molar-refractivity contribution in [2.24, 2.45) is 11.1 Å². The third kappa shape index (κ3) is 3.80. The molecule has 0 spiro atoms. The summed E-state index contributed by atoms with van der Waals surface area (Å²) in [5, 5.41) is 3.44. The van der Waals surface area contributed by atoms with Crippen molar-refractivity contribution in [2.45, 2.75) is 32.7 Å². The summed E-state index contributed by atoms with van der Waals surface area (Å²) < 4.78 is 0. The molecular formula is C11H23N3O. The first-order valence-electron chi connectivity index (χ1n) is 5.63. The molecule has 0 aliphatic carbocycles. The summed E-state index contributed by atoms with van der Waals surface area (Å²) in [4.78, 5) is 13.5. The van der Waals surface area contributed by atoms with Crippen LogP contribution in [-0.4, -0.2) is 43.5 Å². The molecule has 0 aromatic rings. The highest BCUT2D eigenvalue weighted by Gasteiger charge is 2.26. The van der Waals surface area contributed by atoms with Gasteiger partial charge in [-0.05, 0) is 46.8 Å². The number of carbonyl (C=O) groups is 1. The zero-order chi connectivity index (χ0) is 11.5. The summed E-state index contributed by atoms with van der Waals surface area (Å²) in [5.41, 5.74) is 4.88. The molecule has 1 saturated heterocycles. The molecule has 4 heteroatoms. The van der Waals surface area contributed by atoms with Crippen molar-refractivity contribution in [2.75, 3.05) is 26.7 Å². The molecule has 1 heterocycles. The average Bonchev–Trinajstić information content (AvgIpc) is 2.17. The van der Waals surface area contributed by atoms with Gasteiger partial charge in [0.1, 0.15) is 0 Å². The molecule has 1 rings (SSSR count). The van der Waals surface area contributed by atoms with Crippen LogP contribution in [0.25, 0.3) is 0 Å². The normalized spacial score (nSPS) is 20.5. The molecule has 88 valence electrons. The molecule has 1 fully saturated rings. The second-order valence-corrected chi connectivity index (χ2v) is 5.21. The lowest BCUT2D eigenvalue weighted by molar-refractivity contribution is -0.125. The SMILES string of the molecule is CN1CCC(NCC(C)(C)C(N)=O)CC1. The number of hydrogen-bond acceptors (Lipinski definition) is 3. The highest BCUT2D eigenvalue weighted by atomic mass is 16.1. The second kappa shape index (κ2) is 4.94. The Balaban J connectivity index is 2.28. The maximum atomic E-state index is 11.1. The van der Waals surface area contributed by atoms with Gasteiger partial charge in [-0.25, -0.2) is 0 Å². The zero-order valence-electron chi connectivity index (χ0n) is 10.0. The lowest BCUT2D eigenvalue weighted by Crippen LogP contribution is -2.47. The van der Waals surface area contributed by atoms with Gasteiger partial charge in [-0.1, -0.05) is 0 Å². The Morgan fingerprint density at radius 3 is 2.47 bits per heavy atom. The van der Waals surface area contributed by atoms with Crippen LogP contribution >= 0.6 is 0 Å². The van der Waals surface area contributed by atoms with Crippen LogP contribution in [0.15, 0.2) is 0 Å². The number of carbonyl (C=O) groups excluding carboxylic acids is 1.